The lowest BCUT2D eigenvalue weighted by molar-refractivity contribution is -0.136. The maximum atomic E-state index is 14.1. The number of nitrogens with two attached hydrogens (primary N) is 1. The fourth-order valence-corrected chi connectivity index (χ4v) is 10.2. The van der Waals surface area contributed by atoms with Crippen LogP contribution in [0.1, 0.15) is 108 Å². The summed E-state index contributed by atoms with van der Waals surface area (Å²) in [7, 11) is 0. The largest absolute Gasteiger partial charge is 0.482 e. The van der Waals surface area contributed by atoms with Gasteiger partial charge in [-0.05, 0) is 106 Å². The van der Waals surface area contributed by atoms with Crippen molar-refractivity contribution in [2.24, 2.45) is 0 Å². The summed E-state index contributed by atoms with van der Waals surface area (Å²) in [5.41, 5.74) is 8.64. The molecule has 2 fully saturated rings. The third kappa shape index (κ3) is 10.4. The third-order valence-electron chi connectivity index (χ3n) is 11.7. The van der Waals surface area contributed by atoms with Crippen LogP contribution in [0.2, 0.25) is 10.0 Å². The predicted molar refractivity (Wildman–Crippen MR) is 240 cm³/mol. The summed E-state index contributed by atoms with van der Waals surface area (Å²) in [6, 6.07) is 16.0. The van der Waals surface area contributed by atoms with Gasteiger partial charge in [0.05, 0.1) is 5.02 Å². The van der Waals surface area contributed by atoms with Crippen molar-refractivity contribution in [3.63, 3.8) is 0 Å². The fourth-order valence-electron chi connectivity index (χ4n) is 8.42. The maximum absolute atomic E-state index is 14.1. The molecule has 0 radical (unpaired) electrons. The Bertz CT molecular complexity index is 2400. The molecule has 332 valence electrons. The number of amides is 5. The second-order valence-electron chi connectivity index (χ2n) is 16.1. The van der Waals surface area contributed by atoms with E-state index in [0.717, 1.165) is 54.5 Å². The van der Waals surface area contributed by atoms with E-state index in [4.69, 9.17) is 33.7 Å². The molecule has 4 aromatic rings. The van der Waals surface area contributed by atoms with Crippen LogP contribution in [0.25, 0.3) is 0 Å². The molecule has 3 aromatic carbocycles. The van der Waals surface area contributed by atoms with Crippen LogP contribution in [-0.4, -0.2) is 97.9 Å². The average molecular weight is 920 g/mol. The van der Waals surface area contributed by atoms with E-state index in [-0.39, 0.29) is 69.1 Å². The highest BCUT2D eigenvalue weighted by molar-refractivity contribution is 7.99. The number of anilines is 2. The monoisotopic (exact) mass is 918 g/mol. The van der Waals surface area contributed by atoms with Gasteiger partial charge in [-0.2, -0.15) is 0 Å². The first kappa shape index (κ1) is 45.7. The van der Waals surface area contributed by atoms with Crippen LogP contribution in [0.3, 0.4) is 0 Å². The van der Waals surface area contributed by atoms with Gasteiger partial charge in [-0.3, -0.25) is 34.2 Å². The summed E-state index contributed by atoms with van der Waals surface area (Å²) in [6.45, 7) is 8.42. The molecule has 1 unspecified atom stereocenters. The molecule has 63 heavy (non-hydrogen) atoms. The number of nitrogen functional groups attached to an aromatic ring is 1. The number of nitrogens with zero attached hydrogens (tertiary/aromatic N) is 5. The number of carbonyl (C=O) groups is 5. The minimum atomic E-state index is -0.835. The van der Waals surface area contributed by atoms with Crippen LogP contribution >= 0.6 is 35.0 Å². The molecular weight excluding hydrogens is 871 g/mol. The number of fused-ring (bicyclic) bond motifs is 1. The van der Waals surface area contributed by atoms with E-state index in [0.29, 0.717) is 42.9 Å². The van der Waals surface area contributed by atoms with Gasteiger partial charge in [-0.25, -0.2) is 4.39 Å². The van der Waals surface area contributed by atoms with Crippen molar-refractivity contribution in [1.29, 1.82) is 0 Å². The summed E-state index contributed by atoms with van der Waals surface area (Å²) < 4.78 is 20.0. The predicted octanol–water partition coefficient (Wildman–Crippen LogP) is 7.55. The summed E-state index contributed by atoms with van der Waals surface area (Å²) in [5.74, 6) is -1.32. The van der Waals surface area contributed by atoms with Crippen molar-refractivity contribution >= 4 is 76.0 Å². The molecule has 4 atom stereocenters. The molecule has 0 bridgehead atoms. The van der Waals surface area contributed by atoms with E-state index in [1.54, 1.807) is 47.9 Å². The second-order valence-corrected chi connectivity index (χ2v) is 18.0. The molecular formula is C45H49Cl2FN8O6S. The molecule has 3 aliphatic rings. The van der Waals surface area contributed by atoms with E-state index in [9.17, 15) is 28.4 Å². The molecule has 7 rings (SSSR count). The van der Waals surface area contributed by atoms with Crippen molar-refractivity contribution in [1.82, 2.24) is 30.2 Å². The number of rotatable bonds is 15. The zero-order valence-electron chi connectivity index (χ0n) is 35.2. The Labute approximate surface area is 379 Å². The maximum Gasteiger partial charge on any atom is 0.276 e. The lowest BCUT2D eigenvalue weighted by atomic mass is 10.0. The molecule has 0 spiro atoms. The highest BCUT2D eigenvalue weighted by Gasteiger charge is 2.40. The molecule has 0 aliphatic carbocycles. The van der Waals surface area contributed by atoms with Crippen LogP contribution in [0, 0.1) is 5.82 Å². The van der Waals surface area contributed by atoms with Gasteiger partial charge in [0, 0.05) is 76.5 Å². The van der Waals surface area contributed by atoms with Gasteiger partial charge in [-0.15, -0.1) is 22.0 Å². The van der Waals surface area contributed by atoms with Crippen molar-refractivity contribution in [2.45, 2.75) is 95.0 Å². The SMILES string of the molecule is C[C@@H]1CN(C(=O)c2ccc(NC(=O)c3cc(O[C@H](C)c4c(Cl)ccc(F)c4Cl)c(N)nn3)cc2)C[C@H](C)N1CCCCCCSc1cccc2c1CN(C1CCC(=O)NC1=O)C2=O. The quantitative estimate of drug-likeness (QED) is 0.0464. The summed E-state index contributed by atoms with van der Waals surface area (Å²) in [6.07, 6.45) is 3.98. The lowest BCUT2D eigenvalue weighted by Crippen LogP contribution is -2.58. The number of aromatic nitrogens is 2. The van der Waals surface area contributed by atoms with Gasteiger partial charge in [0.15, 0.2) is 17.3 Å². The number of benzene rings is 3. The first-order chi connectivity index (χ1) is 30.2. The van der Waals surface area contributed by atoms with E-state index in [2.05, 4.69) is 39.6 Å². The number of ether oxygens (including phenoxy) is 1. The molecule has 5 amide bonds. The Morgan fingerprint density at radius 3 is 2.46 bits per heavy atom. The van der Waals surface area contributed by atoms with Gasteiger partial charge < -0.3 is 25.6 Å². The molecule has 0 saturated carbocycles. The zero-order valence-corrected chi connectivity index (χ0v) is 37.5. The first-order valence-corrected chi connectivity index (χ1v) is 22.7. The van der Waals surface area contributed by atoms with Crippen LogP contribution in [0.4, 0.5) is 15.9 Å². The Morgan fingerprint density at radius 1 is 1.00 bits per heavy atom. The number of unbranched alkanes of at least 4 members (excludes halogenated alkanes) is 3. The Hall–Kier alpha value is -5.29. The Morgan fingerprint density at radius 2 is 1.73 bits per heavy atom. The molecule has 1 aromatic heterocycles. The highest BCUT2D eigenvalue weighted by Crippen LogP contribution is 2.37. The summed E-state index contributed by atoms with van der Waals surface area (Å²) >= 11 is 14.1. The number of hydrogen-bond acceptors (Lipinski definition) is 11. The van der Waals surface area contributed by atoms with Gasteiger partial charge in [0.25, 0.3) is 17.7 Å². The average Bonchev–Trinajstić information content (AvgIpc) is 3.59. The van der Waals surface area contributed by atoms with Gasteiger partial charge in [-0.1, -0.05) is 42.1 Å². The lowest BCUT2D eigenvalue weighted by Gasteiger charge is -2.44. The normalized spacial score (nSPS) is 19.5. The van der Waals surface area contributed by atoms with E-state index in [1.165, 1.54) is 12.1 Å². The first-order valence-electron chi connectivity index (χ1n) is 21.0. The Kier molecular flexibility index (Phi) is 14.5. The van der Waals surface area contributed by atoms with Gasteiger partial charge >= 0.3 is 0 Å². The number of halogens is 3. The highest BCUT2D eigenvalue weighted by atomic mass is 35.5. The van der Waals surface area contributed by atoms with Crippen LogP contribution in [-0.2, 0) is 16.1 Å². The van der Waals surface area contributed by atoms with Crippen molar-refractivity contribution < 1.29 is 33.1 Å². The zero-order chi connectivity index (χ0) is 44.9. The van der Waals surface area contributed by atoms with Crippen molar-refractivity contribution in [2.75, 3.05) is 36.4 Å². The second kappa shape index (κ2) is 20.0. The van der Waals surface area contributed by atoms with Crippen molar-refractivity contribution in [3.05, 3.63) is 104 Å². The number of piperazine rings is 1. The Balaban J connectivity index is 0.833. The van der Waals surface area contributed by atoms with Crippen LogP contribution < -0.4 is 21.1 Å². The minimum absolute atomic E-state index is 0.0332. The van der Waals surface area contributed by atoms with E-state index >= 15 is 0 Å². The standard InChI is InChI=1S/C45H49Cl2FN8O6S/c1-25-22-54(23-26(2)55(25)19-6-4-5-7-20-63-37-10-8-9-30-31(37)24-56(45(30)61)35-17-18-38(57)51-43(35)59)44(60)28-11-13-29(14-12-28)50-42(58)34-21-36(41(49)53-52-34)62-27(3)39-32(46)15-16-33(48)40(39)47/h8-16,21,25-27,35H,4-7,17-20,22-24H2,1-3H3,(H2,49,53)(H,50,58)(H,51,57,59)/t25-,26+,27-,35?/m1/s1. The molecule has 2 saturated heterocycles. The number of imide groups is 1. The molecule has 14 nitrogen and oxygen atoms in total. The third-order valence-corrected chi connectivity index (χ3v) is 13.6. The van der Waals surface area contributed by atoms with Gasteiger partial charge in [0.2, 0.25) is 11.8 Å². The van der Waals surface area contributed by atoms with Crippen LogP contribution in [0.5, 0.6) is 5.75 Å². The van der Waals surface area contributed by atoms with Crippen molar-refractivity contribution in [3.8, 4) is 5.75 Å². The number of thioether (sulfide) groups is 1. The van der Waals surface area contributed by atoms with Crippen LogP contribution in [0.15, 0.2) is 65.6 Å². The molecule has 4 heterocycles. The molecule has 18 heteroatoms. The smallest absolute Gasteiger partial charge is 0.276 e. The minimum Gasteiger partial charge on any atom is -0.482 e. The fraction of sp³-hybridized carbons (Fsp3) is 0.400. The topological polar surface area (TPSA) is 180 Å². The number of carbonyl (C=O) groups excluding carboxylic acids is 5. The molecule has 4 N–H and O–H groups in total. The van der Waals surface area contributed by atoms with E-state index < -0.39 is 29.8 Å². The number of hydrogen-bond donors (Lipinski definition) is 3. The number of nitrogens with one attached hydrogen (secondary N) is 2. The van der Waals surface area contributed by atoms with E-state index in [1.807, 2.05) is 23.1 Å². The summed E-state index contributed by atoms with van der Waals surface area (Å²) in [5, 5.41) is 12.9. The molecule has 3 aliphatic heterocycles. The van der Waals surface area contributed by atoms with Gasteiger partial charge in [0.1, 0.15) is 18.0 Å². The number of piperidine rings is 1. The summed E-state index contributed by atoms with van der Waals surface area (Å²) in [4.78, 5) is 71.0.